The second-order valence-corrected chi connectivity index (χ2v) is 7.52. The molecule has 6 nitrogen and oxygen atoms in total. The number of nitrogens with zero attached hydrogens (tertiary/aromatic N) is 1. The van der Waals surface area contributed by atoms with Crippen molar-refractivity contribution in [1.82, 2.24) is 5.43 Å². The molecule has 1 atom stereocenters. The average molecular weight is 483 g/mol. The summed E-state index contributed by atoms with van der Waals surface area (Å²) in [5, 5.41) is 14.0. The molecule has 0 heterocycles. The summed E-state index contributed by atoms with van der Waals surface area (Å²) in [4.78, 5) is 12.1. The molecule has 2 N–H and O–H groups in total. The number of halogens is 1. The van der Waals surface area contributed by atoms with Gasteiger partial charge < -0.3 is 14.6 Å². The predicted octanol–water partition coefficient (Wildman–Crippen LogP) is 4.61. The number of nitrogens with one attached hydrogen (secondary N) is 1. The van der Waals surface area contributed by atoms with Crippen molar-refractivity contribution < 1.29 is 19.4 Å². The Balaban J connectivity index is 1.62. The van der Waals surface area contributed by atoms with Crippen LogP contribution in [0.15, 0.2) is 82.4 Å². The first-order valence-corrected chi connectivity index (χ1v) is 10.6. The minimum atomic E-state index is -1.29. The van der Waals surface area contributed by atoms with Gasteiger partial charge in [-0.1, -0.05) is 58.4 Å². The third kappa shape index (κ3) is 6.67. The summed E-state index contributed by atoms with van der Waals surface area (Å²) in [6, 6.07) is 22.0. The van der Waals surface area contributed by atoms with Gasteiger partial charge in [0, 0.05) is 4.47 Å². The number of hydrogen-bond acceptors (Lipinski definition) is 5. The van der Waals surface area contributed by atoms with Crippen LogP contribution < -0.4 is 14.9 Å². The maximum atomic E-state index is 12.1. The average Bonchev–Trinajstić information content (AvgIpc) is 2.80. The van der Waals surface area contributed by atoms with Crippen LogP contribution in [0.4, 0.5) is 0 Å². The Labute approximate surface area is 189 Å². The normalized spacial score (nSPS) is 11.8. The van der Waals surface area contributed by atoms with Crippen molar-refractivity contribution in [2.24, 2.45) is 5.10 Å². The van der Waals surface area contributed by atoms with Crippen LogP contribution in [0.2, 0.25) is 0 Å². The Bertz CT molecular complexity index is 1020. The molecule has 0 spiro atoms. The number of hydrazone groups is 1. The van der Waals surface area contributed by atoms with Crippen molar-refractivity contribution in [3.8, 4) is 11.5 Å². The number of amides is 1. The molecule has 0 aliphatic rings. The zero-order valence-electron chi connectivity index (χ0n) is 17.0. The molecule has 0 unspecified atom stereocenters. The van der Waals surface area contributed by atoms with Crippen molar-refractivity contribution in [1.29, 1.82) is 0 Å². The van der Waals surface area contributed by atoms with E-state index in [9.17, 15) is 9.90 Å². The molecule has 0 saturated heterocycles. The van der Waals surface area contributed by atoms with E-state index >= 15 is 0 Å². The zero-order valence-corrected chi connectivity index (χ0v) is 18.6. The summed E-state index contributed by atoms with van der Waals surface area (Å²) in [6.07, 6.45) is 0.197. The van der Waals surface area contributed by atoms with Gasteiger partial charge in [0.25, 0.3) is 5.91 Å². The molecule has 3 aromatic rings. The lowest BCUT2D eigenvalue weighted by Gasteiger charge is -2.13. The highest BCUT2D eigenvalue weighted by Crippen LogP contribution is 2.29. The van der Waals surface area contributed by atoms with Crippen molar-refractivity contribution in [3.05, 3.63) is 94.0 Å². The Morgan fingerprint density at radius 2 is 1.81 bits per heavy atom. The molecule has 0 aliphatic heterocycles. The number of aliphatic hydroxyl groups is 1. The fourth-order valence-electron chi connectivity index (χ4n) is 2.75. The highest BCUT2D eigenvalue weighted by molar-refractivity contribution is 9.10. The minimum Gasteiger partial charge on any atom is -0.490 e. The van der Waals surface area contributed by atoms with Crippen molar-refractivity contribution >= 4 is 28.1 Å². The number of ether oxygens (including phenoxy) is 2. The van der Waals surface area contributed by atoms with Gasteiger partial charge >= 0.3 is 0 Å². The van der Waals surface area contributed by atoms with Gasteiger partial charge in [-0.15, -0.1) is 0 Å². The van der Waals surface area contributed by atoms with Gasteiger partial charge in [0.15, 0.2) is 17.6 Å². The Kier molecular flexibility index (Phi) is 8.20. The van der Waals surface area contributed by atoms with Crippen molar-refractivity contribution in [2.75, 3.05) is 6.61 Å². The van der Waals surface area contributed by atoms with E-state index in [0.717, 1.165) is 10.0 Å². The molecule has 0 bridgehead atoms. The summed E-state index contributed by atoms with van der Waals surface area (Å²) in [5.74, 6) is 0.589. The third-order valence-corrected chi connectivity index (χ3v) is 4.86. The Morgan fingerprint density at radius 1 is 1.06 bits per heavy atom. The number of carbonyl (C=O) groups excluding carboxylic acids is 1. The lowest BCUT2D eigenvalue weighted by atomic mass is 10.1. The first kappa shape index (κ1) is 22.5. The molecule has 0 aliphatic carbocycles. The fourth-order valence-corrected chi connectivity index (χ4v) is 3.02. The van der Waals surface area contributed by atoms with Gasteiger partial charge in [-0.05, 0) is 53.9 Å². The van der Waals surface area contributed by atoms with E-state index in [1.165, 1.54) is 6.21 Å². The number of hydrogen-bond donors (Lipinski definition) is 2. The van der Waals surface area contributed by atoms with Crippen LogP contribution in [0.25, 0.3) is 0 Å². The topological polar surface area (TPSA) is 80.2 Å². The maximum Gasteiger partial charge on any atom is 0.273 e. The molecule has 0 radical (unpaired) electrons. The van der Waals surface area contributed by atoms with Crippen molar-refractivity contribution in [2.45, 2.75) is 19.6 Å². The maximum absolute atomic E-state index is 12.1. The second-order valence-electron chi connectivity index (χ2n) is 6.60. The minimum absolute atomic E-state index is 0.411. The summed E-state index contributed by atoms with van der Waals surface area (Å²) in [5.41, 5.74) is 4.61. The predicted molar refractivity (Wildman–Crippen MR) is 123 cm³/mol. The smallest absolute Gasteiger partial charge is 0.273 e. The molecule has 0 aromatic heterocycles. The van der Waals surface area contributed by atoms with Crippen LogP contribution in [-0.4, -0.2) is 23.8 Å². The van der Waals surface area contributed by atoms with Crippen LogP contribution in [0, 0.1) is 0 Å². The standard InChI is InChI=1S/C24H23BrN2O4/c1-2-30-22-14-18(10-13-21(22)31-16-17-8-11-20(25)12-9-17)15-26-27-24(29)23(28)19-6-4-3-5-7-19/h3-15,23,28H,2,16H2,1H3,(H,27,29)/b26-15-/t23-/m1/s1. The lowest BCUT2D eigenvalue weighted by molar-refractivity contribution is -0.129. The lowest BCUT2D eigenvalue weighted by Crippen LogP contribution is -2.25. The van der Waals surface area contributed by atoms with E-state index < -0.39 is 12.0 Å². The molecule has 160 valence electrons. The van der Waals surface area contributed by atoms with Crippen LogP contribution in [0.5, 0.6) is 11.5 Å². The fraction of sp³-hybridized carbons (Fsp3) is 0.167. The van der Waals surface area contributed by atoms with Gasteiger partial charge in [-0.25, -0.2) is 5.43 Å². The summed E-state index contributed by atoms with van der Waals surface area (Å²) < 4.78 is 12.6. The molecule has 0 fully saturated rings. The molecular weight excluding hydrogens is 460 g/mol. The highest BCUT2D eigenvalue weighted by Gasteiger charge is 2.16. The summed E-state index contributed by atoms with van der Waals surface area (Å²) in [7, 11) is 0. The van der Waals surface area contributed by atoms with Gasteiger partial charge in [0.2, 0.25) is 0 Å². The van der Waals surface area contributed by atoms with E-state index in [2.05, 4.69) is 26.5 Å². The van der Waals surface area contributed by atoms with Gasteiger partial charge in [-0.2, -0.15) is 5.10 Å². The molecule has 3 rings (SSSR count). The number of benzene rings is 3. The SMILES string of the molecule is CCOc1cc(/C=N\NC(=O)[C@H](O)c2ccccc2)ccc1OCc1ccc(Br)cc1. The van der Waals surface area contributed by atoms with Gasteiger partial charge in [-0.3, -0.25) is 4.79 Å². The van der Waals surface area contributed by atoms with Crippen LogP contribution in [-0.2, 0) is 11.4 Å². The summed E-state index contributed by atoms with van der Waals surface area (Å²) in [6.45, 7) is 2.79. The van der Waals surface area contributed by atoms with Gasteiger partial charge in [0.1, 0.15) is 6.61 Å². The Hall–Kier alpha value is -3.16. The largest absolute Gasteiger partial charge is 0.490 e. The van der Waals surface area contributed by atoms with E-state index in [0.29, 0.717) is 35.8 Å². The molecular formula is C24H23BrN2O4. The van der Waals surface area contributed by atoms with E-state index in [1.807, 2.05) is 43.3 Å². The highest BCUT2D eigenvalue weighted by atomic mass is 79.9. The monoisotopic (exact) mass is 482 g/mol. The molecule has 3 aromatic carbocycles. The van der Waals surface area contributed by atoms with E-state index in [4.69, 9.17) is 9.47 Å². The molecule has 7 heteroatoms. The Morgan fingerprint density at radius 3 is 2.52 bits per heavy atom. The van der Waals surface area contributed by atoms with Gasteiger partial charge in [0.05, 0.1) is 12.8 Å². The van der Waals surface area contributed by atoms with E-state index in [1.54, 1.807) is 36.4 Å². The molecule has 0 saturated carbocycles. The first-order chi connectivity index (χ1) is 15.1. The third-order valence-electron chi connectivity index (χ3n) is 4.33. The first-order valence-electron chi connectivity index (χ1n) is 9.77. The number of carbonyl (C=O) groups is 1. The van der Waals surface area contributed by atoms with E-state index in [-0.39, 0.29) is 0 Å². The second kappa shape index (κ2) is 11.3. The quantitative estimate of drug-likeness (QED) is 0.344. The van der Waals surface area contributed by atoms with Crippen LogP contribution >= 0.6 is 15.9 Å². The molecule has 1 amide bonds. The van der Waals surface area contributed by atoms with Crippen LogP contribution in [0.3, 0.4) is 0 Å². The number of rotatable bonds is 9. The number of aliphatic hydroxyl groups excluding tert-OH is 1. The van der Waals surface area contributed by atoms with Crippen LogP contribution in [0.1, 0.15) is 29.7 Å². The van der Waals surface area contributed by atoms with Crippen molar-refractivity contribution in [3.63, 3.8) is 0 Å². The summed E-state index contributed by atoms with van der Waals surface area (Å²) >= 11 is 3.42. The zero-order chi connectivity index (χ0) is 22.1. The molecule has 31 heavy (non-hydrogen) atoms.